The molecule has 0 aliphatic heterocycles. The predicted octanol–water partition coefficient (Wildman–Crippen LogP) is 1.49. The number of unbranched alkanes of at least 4 members (excludes halogenated alkanes) is 1. The fourth-order valence-corrected chi connectivity index (χ4v) is 2.85. The summed E-state index contributed by atoms with van der Waals surface area (Å²) in [6, 6.07) is 0. The zero-order valence-corrected chi connectivity index (χ0v) is 15.1. The molecule has 0 fully saturated rings. The van der Waals surface area contributed by atoms with Crippen LogP contribution in [0.5, 0.6) is 0 Å². The number of hydrogen-bond donors (Lipinski definition) is 2. The third-order valence-electron chi connectivity index (χ3n) is 3.32. The monoisotopic (exact) mass is 348 g/mol. The van der Waals surface area contributed by atoms with Crippen LogP contribution in [-0.4, -0.2) is 64.4 Å². The van der Waals surface area contributed by atoms with Gasteiger partial charge >= 0.3 is 35.0 Å². The maximum Gasteiger partial charge on any atom is 2.00 e. The Morgan fingerprint density at radius 3 is 2.27 bits per heavy atom. The van der Waals surface area contributed by atoms with Crippen molar-refractivity contribution in [2.75, 3.05) is 0 Å². The molecule has 2 N–H and O–H groups in total. The van der Waals surface area contributed by atoms with E-state index in [4.69, 9.17) is 14.4 Å². The summed E-state index contributed by atoms with van der Waals surface area (Å²) in [6.07, 6.45) is 1.36. The maximum atomic E-state index is 11.3. The minimum absolute atomic E-state index is 0. The van der Waals surface area contributed by atoms with Crippen molar-refractivity contribution in [2.45, 2.75) is 50.9 Å². The van der Waals surface area contributed by atoms with Gasteiger partial charge in [-0.25, -0.2) is 4.79 Å². The molecule has 0 amide bonds. The number of hydrogen-bond acceptors (Lipinski definition) is 5. The van der Waals surface area contributed by atoms with Crippen molar-refractivity contribution in [3.05, 3.63) is 12.7 Å². The molecule has 0 rings (SSSR count). The molecule has 9 heteroatoms. The van der Waals surface area contributed by atoms with E-state index >= 15 is 0 Å². The van der Waals surface area contributed by atoms with E-state index in [0.717, 1.165) is 6.08 Å². The number of ether oxygens (including phenoxy) is 1. The Morgan fingerprint density at radius 2 is 1.86 bits per heavy atom. The molecule has 0 aromatic heterocycles. The van der Waals surface area contributed by atoms with Crippen molar-refractivity contribution in [1.29, 1.82) is 0 Å². The van der Waals surface area contributed by atoms with Gasteiger partial charge in [0.05, 0.1) is 5.25 Å². The van der Waals surface area contributed by atoms with Crippen molar-refractivity contribution in [3.63, 3.8) is 0 Å². The molecule has 3 atom stereocenters. The molecule has 126 valence electrons. The van der Waals surface area contributed by atoms with Crippen LogP contribution in [0.3, 0.4) is 0 Å². The average Bonchev–Trinajstić information content (AvgIpc) is 2.36. The van der Waals surface area contributed by atoms with Crippen molar-refractivity contribution in [3.8, 4) is 0 Å². The molecule has 0 aromatic carbocycles. The van der Waals surface area contributed by atoms with Gasteiger partial charge < -0.3 is 12.7 Å². The molecule has 0 aliphatic carbocycles. The van der Waals surface area contributed by atoms with E-state index in [9.17, 15) is 18.0 Å². The largest absolute Gasteiger partial charge is 2.00 e. The van der Waals surface area contributed by atoms with Gasteiger partial charge in [-0.1, -0.05) is 13.0 Å². The number of carboxylic acids is 1. The minimum Gasteiger partial charge on any atom is -1.00 e. The van der Waals surface area contributed by atoms with Gasteiger partial charge in [-0.2, -0.15) is 8.42 Å². The fraction of sp³-hybridized carbons (Fsp3) is 0.692. The van der Waals surface area contributed by atoms with Gasteiger partial charge in [0.1, 0.15) is 6.10 Å². The summed E-state index contributed by atoms with van der Waals surface area (Å²) in [5.74, 6) is -2.24. The van der Waals surface area contributed by atoms with Crippen molar-refractivity contribution in [1.82, 2.24) is 0 Å². The van der Waals surface area contributed by atoms with Crippen molar-refractivity contribution in [2.24, 2.45) is 5.92 Å². The van der Waals surface area contributed by atoms with E-state index in [0.29, 0.717) is 19.3 Å². The fourth-order valence-electron chi connectivity index (χ4n) is 2.05. The Morgan fingerprint density at radius 1 is 1.32 bits per heavy atom. The van der Waals surface area contributed by atoms with Gasteiger partial charge in [-0.05, 0) is 26.7 Å². The second-order valence-corrected chi connectivity index (χ2v) is 6.64. The van der Waals surface area contributed by atoms with Gasteiger partial charge in [0.25, 0.3) is 10.1 Å². The maximum absolute atomic E-state index is 11.3. The Balaban J connectivity index is -0.000000667. The van der Waals surface area contributed by atoms with E-state index in [2.05, 4.69) is 6.58 Å². The molecular weight excluding hydrogens is 325 g/mol. The number of rotatable bonds is 10. The first-order chi connectivity index (χ1) is 9.59. The molecule has 7 nitrogen and oxygen atoms in total. The molecule has 0 saturated heterocycles. The summed E-state index contributed by atoms with van der Waals surface area (Å²) in [6.45, 7) is 6.12. The minimum atomic E-state index is -4.28. The predicted molar refractivity (Wildman–Crippen MR) is 84.3 cm³/mol. The van der Waals surface area contributed by atoms with E-state index in [1.807, 2.05) is 0 Å². The third kappa shape index (κ3) is 9.39. The third-order valence-corrected chi connectivity index (χ3v) is 4.61. The summed E-state index contributed by atoms with van der Waals surface area (Å²) < 4.78 is 36.7. The van der Waals surface area contributed by atoms with Crippen molar-refractivity contribution < 1.29 is 35.3 Å². The molecule has 0 aromatic rings. The van der Waals surface area contributed by atoms with Gasteiger partial charge in [0.2, 0.25) is 0 Å². The molecular formula is C13H24MgO7S. The molecule has 0 heterocycles. The number of carboxylic acid groups (broad SMARTS) is 1. The normalized spacial score (nSPS) is 15.0. The Bertz CT molecular complexity index is 485. The second kappa shape index (κ2) is 11.0. The second-order valence-electron chi connectivity index (χ2n) is 4.87. The molecule has 3 unspecified atom stereocenters. The first-order valence-corrected chi connectivity index (χ1v) is 8.11. The zero-order chi connectivity index (χ0) is 16.6. The van der Waals surface area contributed by atoms with E-state index in [1.165, 1.54) is 13.8 Å². The molecule has 0 bridgehead atoms. The molecule has 0 radical (unpaired) electrons. The topological polar surface area (TPSA) is 118 Å². The van der Waals surface area contributed by atoms with Crippen LogP contribution >= 0.6 is 0 Å². The summed E-state index contributed by atoms with van der Waals surface area (Å²) in [5, 5.41) is 7.45. The van der Waals surface area contributed by atoms with Crippen LogP contribution in [0.2, 0.25) is 0 Å². The zero-order valence-electron chi connectivity index (χ0n) is 14.9. The standard InChI is InChI=1S/C13H22O7S.Mg.2H/c1-4-13(16)20-9(2)11(10(3)21(17,18)19)7-5-6-8-12(14)15;;;/h4,9-11H,1,5-8H2,2-3H3,(H,14,15)(H,17,18,19);;;/q;+2;2*-1. The average molecular weight is 349 g/mol. The Kier molecular flexibility index (Phi) is 11.8. The summed E-state index contributed by atoms with van der Waals surface area (Å²) in [7, 11) is -4.28. The van der Waals surface area contributed by atoms with Crippen LogP contribution in [0.1, 0.15) is 42.4 Å². The Labute approximate surface area is 150 Å². The first kappa shape index (κ1) is 23.6. The van der Waals surface area contributed by atoms with E-state index in [1.54, 1.807) is 0 Å². The van der Waals surface area contributed by atoms with Crippen LogP contribution in [0.15, 0.2) is 12.7 Å². The number of esters is 1. The van der Waals surface area contributed by atoms with E-state index < -0.39 is 39.3 Å². The molecule has 0 spiro atoms. The van der Waals surface area contributed by atoms with Crippen LogP contribution in [0, 0.1) is 5.92 Å². The SMILES string of the molecule is C=CC(=O)OC(C)C(CCCCC(=O)O)C(C)S(=O)(=O)O.[H-].[H-].[Mg+2]. The number of aliphatic carboxylic acids is 1. The van der Waals surface area contributed by atoms with Gasteiger partial charge in [-0.15, -0.1) is 0 Å². The first-order valence-electron chi connectivity index (χ1n) is 6.60. The van der Waals surface area contributed by atoms with Gasteiger partial charge in [0, 0.05) is 18.4 Å². The van der Waals surface area contributed by atoms with Crippen LogP contribution < -0.4 is 0 Å². The van der Waals surface area contributed by atoms with Crippen molar-refractivity contribution >= 4 is 45.1 Å². The van der Waals surface area contributed by atoms with Gasteiger partial charge in [0.15, 0.2) is 0 Å². The van der Waals surface area contributed by atoms with Crippen LogP contribution in [0.25, 0.3) is 0 Å². The number of carbonyl (C=O) groups excluding carboxylic acids is 1. The summed E-state index contributed by atoms with van der Waals surface area (Å²) in [4.78, 5) is 21.6. The smallest absolute Gasteiger partial charge is 1.00 e. The summed E-state index contributed by atoms with van der Waals surface area (Å²) in [5.41, 5.74) is 0. The summed E-state index contributed by atoms with van der Waals surface area (Å²) >= 11 is 0. The quantitative estimate of drug-likeness (QED) is 0.202. The Hall–Kier alpha value is -0.644. The number of carbonyl (C=O) groups is 2. The molecule has 0 aliphatic rings. The van der Waals surface area contributed by atoms with E-state index in [-0.39, 0.29) is 32.3 Å². The van der Waals surface area contributed by atoms with Gasteiger partial charge in [-0.3, -0.25) is 9.35 Å². The molecule has 22 heavy (non-hydrogen) atoms. The van der Waals surface area contributed by atoms with Crippen LogP contribution in [0.4, 0.5) is 0 Å². The molecule has 0 saturated carbocycles. The van der Waals surface area contributed by atoms with Crippen LogP contribution in [-0.2, 0) is 24.4 Å².